The summed E-state index contributed by atoms with van der Waals surface area (Å²) >= 11 is 7.62. The summed E-state index contributed by atoms with van der Waals surface area (Å²) in [5.74, 6) is 5.87. The van der Waals surface area contributed by atoms with Crippen molar-refractivity contribution >= 4 is 50.0 Å². The molecule has 0 atom stereocenters. The number of pyridine rings is 2. The van der Waals surface area contributed by atoms with Gasteiger partial charge in [0, 0.05) is 39.2 Å². The molecular formula is C29H18ClN5O3S. The third kappa shape index (κ3) is 4.32. The number of nitrogens with zero attached hydrogens (tertiary/aromatic N) is 5. The first-order valence-corrected chi connectivity index (χ1v) is 13.3. The lowest BCUT2D eigenvalue weighted by atomic mass is 10.00. The number of carbonyl (C=O) groups is 1. The van der Waals surface area contributed by atoms with Gasteiger partial charge >= 0.3 is 5.97 Å². The fourth-order valence-corrected chi connectivity index (χ4v) is 5.86. The number of benzene rings is 1. The van der Waals surface area contributed by atoms with Gasteiger partial charge in [-0.3, -0.25) is 19.3 Å². The molecule has 1 saturated carbocycles. The van der Waals surface area contributed by atoms with Gasteiger partial charge in [-0.1, -0.05) is 23.4 Å². The van der Waals surface area contributed by atoms with Gasteiger partial charge in [0.05, 0.1) is 50.7 Å². The van der Waals surface area contributed by atoms with E-state index in [4.69, 9.17) is 11.6 Å². The van der Waals surface area contributed by atoms with Crippen LogP contribution >= 0.6 is 22.9 Å². The van der Waals surface area contributed by atoms with Crippen LogP contribution in [-0.4, -0.2) is 30.6 Å². The Hall–Kier alpha value is -4.57. The first-order chi connectivity index (χ1) is 18.9. The lowest BCUT2D eigenvalue weighted by molar-refractivity contribution is 0.0699. The van der Waals surface area contributed by atoms with Gasteiger partial charge in [-0.05, 0) is 44.0 Å². The van der Waals surface area contributed by atoms with E-state index >= 15 is 0 Å². The van der Waals surface area contributed by atoms with Gasteiger partial charge in [-0.15, -0.1) is 11.3 Å². The fourth-order valence-electron chi connectivity index (χ4n) is 4.66. The van der Waals surface area contributed by atoms with Gasteiger partial charge in [0.15, 0.2) is 0 Å². The molecule has 0 bridgehead atoms. The molecule has 1 aliphatic rings. The minimum absolute atomic E-state index is 0.0650. The van der Waals surface area contributed by atoms with Crippen LogP contribution in [0.15, 0.2) is 46.8 Å². The monoisotopic (exact) mass is 551 g/mol. The minimum atomic E-state index is -1.04. The largest absolute Gasteiger partial charge is 0.478 e. The number of aryl methyl sites for hydroxylation is 1. The average molecular weight is 552 g/mol. The van der Waals surface area contributed by atoms with Crippen LogP contribution < -0.4 is 5.56 Å². The number of halogens is 1. The molecule has 8 nitrogen and oxygen atoms in total. The van der Waals surface area contributed by atoms with Crippen molar-refractivity contribution in [3.05, 3.63) is 85.6 Å². The summed E-state index contributed by atoms with van der Waals surface area (Å²) < 4.78 is 2.18. The van der Waals surface area contributed by atoms with E-state index in [1.807, 2.05) is 0 Å². The summed E-state index contributed by atoms with van der Waals surface area (Å²) in [4.78, 5) is 38.4. The van der Waals surface area contributed by atoms with Crippen molar-refractivity contribution in [3.8, 4) is 29.0 Å². The van der Waals surface area contributed by atoms with Crippen molar-refractivity contribution in [1.82, 2.24) is 19.5 Å². The number of aromatic nitrogens is 4. The lowest BCUT2D eigenvalue weighted by Crippen LogP contribution is -2.24. The Labute approximate surface area is 231 Å². The average Bonchev–Trinajstić information content (AvgIpc) is 3.67. The summed E-state index contributed by atoms with van der Waals surface area (Å²) in [5, 5.41) is 21.7. The standard InChI is InChI=1S/C29H18ClN5O3S/c1-15-34-23-13-33-25(17-4-5-17)21(12-31)24(23)28(36)35(15)10-2-3-16-6-7-18(30)11-20(16)19-8-9-32-26-22(29(37)38)14-39-27(19)26/h6-9,11,13-14,17H,4-5,10H2,1H3,(H,37,38). The number of rotatable bonds is 4. The molecule has 1 aromatic carbocycles. The van der Waals surface area contributed by atoms with Crippen LogP contribution in [0.3, 0.4) is 0 Å². The number of carboxylic acid groups (broad SMARTS) is 1. The zero-order chi connectivity index (χ0) is 27.3. The Morgan fingerprint density at radius 2 is 2.08 bits per heavy atom. The van der Waals surface area contributed by atoms with Gasteiger partial charge < -0.3 is 5.11 Å². The third-order valence-electron chi connectivity index (χ3n) is 6.71. The van der Waals surface area contributed by atoms with Crippen molar-refractivity contribution in [2.24, 2.45) is 0 Å². The third-order valence-corrected chi connectivity index (χ3v) is 7.95. The molecule has 0 amide bonds. The number of hydrogen-bond acceptors (Lipinski definition) is 7. The number of aromatic carboxylic acids is 1. The molecule has 0 spiro atoms. The highest BCUT2D eigenvalue weighted by atomic mass is 35.5. The molecule has 1 aliphatic carbocycles. The van der Waals surface area contributed by atoms with E-state index in [9.17, 15) is 20.0 Å². The maximum Gasteiger partial charge on any atom is 0.338 e. The van der Waals surface area contributed by atoms with Gasteiger partial charge in [-0.2, -0.15) is 5.26 Å². The van der Waals surface area contributed by atoms with E-state index in [0.29, 0.717) is 38.7 Å². The molecule has 1 fully saturated rings. The molecule has 10 heteroatoms. The summed E-state index contributed by atoms with van der Waals surface area (Å²) in [7, 11) is 0. The summed E-state index contributed by atoms with van der Waals surface area (Å²) in [6, 6.07) is 9.28. The van der Waals surface area contributed by atoms with Crippen LogP contribution in [0.1, 0.15) is 51.8 Å². The molecular weight excluding hydrogens is 534 g/mol. The second-order valence-electron chi connectivity index (χ2n) is 9.20. The predicted octanol–water partition coefficient (Wildman–Crippen LogP) is 5.53. The van der Waals surface area contributed by atoms with Crippen molar-refractivity contribution in [2.75, 3.05) is 0 Å². The van der Waals surface area contributed by atoms with Crippen molar-refractivity contribution in [3.63, 3.8) is 0 Å². The Morgan fingerprint density at radius 3 is 2.82 bits per heavy atom. The van der Waals surface area contributed by atoms with Crippen LogP contribution in [0.2, 0.25) is 5.02 Å². The Morgan fingerprint density at radius 1 is 1.26 bits per heavy atom. The molecule has 0 unspecified atom stereocenters. The Kier molecular flexibility index (Phi) is 6.11. The van der Waals surface area contributed by atoms with Gasteiger partial charge in [0.2, 0.25) is 0 Å². The summed E-state index contributed by atoms with van der Waals surface area (Å²) in [5.41, 5.74) is 3.75. The molecule has 0 saturated heterocycles. The minimum Gasteiger partial charge on any atom is -0.478 e. The van der Waals surface area contributed by atoms with Crippen molar-refractivity contribution in [2.45, 2.75) is 32.2 Å². The highest BCUT2D eigenvalue weighted by Gasteiger charge is 2.30. The molecule has 5 aromatic rings. The first kappa shape index (κ1) is 24.7. The second-order valence-corrected chi connectivity index (χ2v) is 10.5. The summed E-state index contributed by atoms with van der Waals surface area (Å²) in [6.07, 6.45) is 5.06. The lowest BCUT2D eigenvalue weighted by Gasteiger charge is -2.10. The molecule has 4 heterocycles. The zero-order valence-electron chi connectivity index (χ0n) is 20.5. The molecule has 6 rings (SSSR count). The number of nitriles is 1. The molecule has 190 valence electrons. The van der Waals surface area contributed by atoms with Crippen LogP contribution in [0, 0.1) is 30.1 Å². The van der Waals surface area contributed by atoms with Crippen LogP contribution in [-0.2, 0) is 6.54 Å². The zero-order valence-corrected chi connectivity index (χ0v) is 22.1. The van der Waals surface area contributed by atoms with E-state index in [1.54, 1.807) is 49.0 Å². The molecule has 39 heavy (non-hydrogen) atoms. The number of hydrogen-bond donors (Lipinski definition) is 1. The van der Waals surface area contributed by atoms with E-state index in [-0.39, 0.29) is 29.0 Å². The van der Waals surface area contributed by atoms with E-state index < -0.39 is 5.97 Å². The summed E-state index contributed by atoms with van der Waals surface area (Å²) in [6.45, 7) is 1.79. The maximum atomic E-state index is 13.5. The quantitative estimate of drug-likeness (QED) is 0.291. The van der Waals surface area contributed by atoms with Gasteiger partial charge in [0.1, 0.15) is 11.9 Å². The van der Waals surface area contributed by atoms with Crippen LogP contribution in [0.25, 0.3) is 32.2 Å². The number of thiophene rings is 1. The van der Waals surface area contributed by atoms with E-state index in [0.717, 1.165) is 28.7 Å². The highest BCUT2D eigenvalue weighted by molar-refractivity contribution is 7.18. The van der Waals surface area contributed by atoms with Crippen molar-refractivity contribution in [1.29, 1.82) is 5.26 Å². The number of fused-ring (bicyclic) bond motifs is 2. The van der Waals surface area contributed by atoms with Crippen LogP contribution in [0.5, 0.6) is 0 Å². The van der Waals surface area contributed by atoms with Crippen LogP contribution in [0.4, 0.5) is 0 Å². The number of carboxylic acids is 1. The van der Waals surface area contributed by atoms with Crippen molar-refractivity contribution < 1.29 is 9.90 Å². The topological polar surface area (TPSA) is 122 Å². The fraction of sp³-hybridized carbons (Fsp3) is 0.172. The molecule has 1 N–H and O–H groups in total. The maximum absolute atomic E-state index is 13.5. The van der Waals surface area contributed by atoms with Gasteiger partial charge in [-0.25, -0.2) is 9.78 Å². The Balaban J connectivity index is 1.43. The smallest absolute Gasteiger partial charge is 0.338 e. The predicted molar refractivity (Wildman–Crippen MR) is 149 cm³/mol. The van der Waals surface area contributed by atoms with E-state index in [1.165, 1.54) is 15.9 Å². The first-order valence-electron chi connectivity index (χ1n) is 12.1. The molecule has 0 aliphatic heterocycles. The second kappa shape index (κ2) is 9.63. The highest BCUT2D eigenvalue weighted by Crippen LogP contribution is 2.41. The Bertz CT molecular complexity index is 2010. The van der Waals surface area contributed by atoms with Gasteiger partial charge in [0.25, 0.3) is 5.56 Å². The van der Waals surface area contributed by atoms with E-state index in [2.05, 4.69) is 32.9 Å². The molecule has 4 aromatic heterocycles. The normalized spacial score (nSPS) is 12.7. The molecule has 0 radical (unpaired) electrons. The SMILES string of the molecule is Cc1nc2cnc(C3CC3)c(C#N)c2c(=O)n1CC#Cc1ccc(Cl)cc1-c1ccnc2c(C(=O)O)csc12.